The Morgan fingerprint density at radius 1 is 1.13 bits per heavy atom. The molecule has 0 saturated heterocycles. The van der Waals surface area contributed by atoms with Crippen LogP contribution >= 0.6 is 0 Å². The molecular weight excluding hydrogens is 529 g/mol. The molecule has 202 valence electrons. The number of halogens is 1. The number of pyridine rings is 1. The summed E-state index contributed by atoms with van der Waals surface area (Å²) >= 11 is -1.45. The summed E-state index contributed by atoms with van der Waals surface area (Å²) in [5.41, 5.74) is 2.88. The highest BCUT2D eigenvalue weighted by Gasteiger charge is 2.31. The van der Waals surface area contributed by atoms with Crippen LogP contribution in [-0.4, -0.2) is 28.1 Å². The van der Waals surface area contributed by atoms with E-state index in [1.54, 1.807) is 32.3 Å². The van der Waals surface area contributed by atoms with Gasteiger partial charge in [0.15, 0.2) is 5.78 Å². The van der Waals surface area contributed by atoms with Gasteiger partial charge in [-0.05, 0) is 86.3 Å². The van der Waals surface area contributed by atoms with E-state index in [0.29, 0.717) is 27.8 Å². The molecular formula is C27H30FN3O5S2. The third-order valence-electron chi connectivity index (χ3n) is 6.38. The number of hydrogen-bond acceptors (Lipinski definition) is 6. The number of aryl methyl sites for hydroxylation is 1. The molecule has 3 aromatic rings. The van der Waals surface area contributed by atoms with Crippen LogP contribution in [0.25, 0.3) is 11.1 Å². The first-order valence-corrected chi connectivity index (χ1v) is 14.8. The highest BCUT2D eigenvalue weighted by Crippen LogP contribution is 2.35. The quantitative estimate of drug-likeness (QED) is 0.353. The van der Waals surface area contributed by atoms with Gasteiger partial charge in [0.05, 0.1) is 11.8 Å². The fraction of sp³-hybridized carbons (Fsp3) is 0.333. The van der Waals surface area contributed by atoms with E-state index in [2.05, 4.69) is 9.44 Å². The van der Waals surface area contributed by atoms with E-state index < -0.39 is 38.0 Å². The largest absolute Gasteiger partial charge is 0.598 e. The maximum atomic E-state index is 13.7. The van der Waals surface area contributed by atoms with Crippen molar-refractivity contribution in [1.29, 1.82) is 0 Å². The minimum atomic E-state index is -3.54. The van der Waals surface area contributed by atoms with Gasteiger partial charge in [-0.3, -0.25) is 9.59 Å². The van der Waals surface area contributed by atoms with Gasteiger partial charge in [-0.15, -0.1) is 4.72 Å². The maximum absolute atomic E-state index is 13.7. The summed E-state index contributed by atoms with van der Waals surface area (Å²) < 4.78 is 57.4. The van der Waals surface area contributed by atoms with E-state index in [4.69, 9.17) is 0 Å². The van der Waals surface area contributed by atoms with E-state index in [0.717, 1.165) is 0 Å². The first-order chi connectivity index (χ1) is 17.7. The fourth-order valence-corrected chi connectivity index (χ4v) is 6.18. The van der Waals surface area contributed by atoms with E-state index >= 15 is 0 Å². The van der Waals surface area contributed by atoms with Gasteiger partial charge >= 0.3 is 0 Å². The number of carbonyl (C=O) groups excluding carboxylic acids is 1. The summed E-state index contributed by atoms with van der Waals surface area (Å²) in [4.78, 5) is 26.4. The zero-order chi connectivity index (χ0) is 28.0. The number of hydrogen-bond donors (Lipinski definition) is 2. The zero-order valence-electron chi connectivity index (χ0n) is 21.8. The van der Waals surface area contributed by atoms with Crippen molar-refractivity contribution in [3.05, 3.63) is 92.6 Å². The minimum absolute atomic E-state index is 0.0320. The molecule has 2 aromatic carbocycles. The van der Waals surface area contributed by atoms with Crippen molar-refractivity contribution in [3.8, 4) is 11.1 Å². The van der Waals surface area contributed by atoms with Gasteiger partial charge in [-0.1, -0.05) is 0 Å². The fourth-order valence-electron chi connectivity index (χ4n) is 4.23. The van der Waals surface area contributed by atoms with E-state index in [1.165, 1.54) is 34.9 Å². The van der Waals surface area contributed by atoms with Crippen molar-refractivity contribution in [3.63, 3.8) is 0 Å². The Hall–Kier alpha value is -2.83. The number of nitrogens with zero attached hydrogens (tertiary/aromatic N) is 1. The number of carbonyl (C=O) groups is 1. The Kier molecular flexibility index (Phi) is 7.70. The molecule has 38 heavy (non-hydrogen) atoms. The topological polar surface area (TPSA) is 120 Å². The molecule has 1 unspecified atom stereocenters. The second kappa shape index (κ2) is 10.4. The predicted molar refractivity (Wildman–Crippen MR) is 146 cm³/mol. The summed E-state index contributed by atoms with van der Waals surface area (Å²) in [6.45, 7) is 7.28. The van der Waals surface area contributed by atoms with Gasteiger partial charge in [0.25, 0.3) is 5.56 Å². The van der Waals surface area contributed by atoms with Crippen LogP contribution < -0.4 is 15.0 Å². The van der Waals surface area contributed by atoms with Gasteiger partial charge in [0.2, 0.25) is 10.0 Å². The Morgan fingerprint density at radius 2 is 1.79 bits per heavy atom. The second-order valence-corrected chi connectivity index (χ2v) is 14.2. The van der Waals surface area contributed by atoms with E-state index in [9.17, 15) is 27.0 Å². The molecule has 0 amide bonds. The summed E-state index contributed by atoms with van der Waals surface area (Å²) in [7, 11) is -1.96. The number of ketones is 1. The Bertz CT molecular complexity index is 1560. The van der Waals surface area contributed by atoms with Crippen molar-refractivity contribution in [2.24, 2.45) is 7.05 Å². The molecule has 1 aliphatic heterocycles. The van der Waals surface area contributed by atoms with E-state index in [-0.39, 0.29) is 34.8 Å². The number of rotatable bonds is 6. The van der Waals surface area contributed by atoms with Crippen LogP contribution in [0.3, 0.4) is 0 Å². The second-order valence-electron chi connectivity index (χ2n) is 10.4. The molecule has 1 aliphatic rings. The van der Waals surface area contributed by atoms with E-state index in [1.807, 2.05) is 20.8 Å². The van der Waals surface area contributed by atoms with Crippen LogP contribution in [0.5, 0.6) is 0 Å². The Balaban J connectivity index is 1.95. The van der Waals surface area contributed by atoms with Gasteiger partial charge in [-0.25, -0.2) is 17.5 Å². The molecule has 1 aromatic heterocycles. The average molecular weight is 560 g/mol. The lowest BCUT2D eigenvalue weighted by Crippen LogP contribution is -2.41. The normalized spacial score (nSPS) is 16.5. The minimum Gasteiger partial charge on any atom is -0.598 e. The van der Waals surface area contributed by atoms with Crippen molar-refractivity contribution >= 4 is 27.2 Å². The van der Waals surface area contributed by atoms with Crippen molar-refractivity contribution in [2.45, 2.75) is 50.8 Å². The number of aromatic nitrogens is 1. The first-order valence-electron chi connectivity index (χ1n) is 12.0. The number of sulfonamides is 1. The van der Waals surface area contributed by atoms with Crippen LogP contribution in [0.15, 0.2) is 53.5 Å². The summed E-state index contributed by atoms with van der Waals surface area (Å²) in [6.07, 6.45) is 1.59. The van der Waals surface area contributed by atoms with Crippen molar-refractivity contribution in [1.82, 2.24) is 14.0 Å². The predicted octanol–water partition coefficient (Wildman–Crippen LogP) is 3.47. The lowest BCUT2D eigenvalue weighted by molar-refractivity contribution is 0.103. The van der Waals surface area contributed by atoms with Crippen molar-refractivity contribution in [2.75, 3.05) is 0 Å². The zero-order valence-corrected chi connectivity index (χ0v) is 23.4. The molecule has 0 spiro atoms. The van der Waals surface area contributed by atoms with Gasteiger partial charge < -0.3 is 9.12 Å². The first kappa shape index (κ1) is 28.2. The Labute approximate surface area is 224 Å². The highest BCUT2D eigenvalue weighted by atomic mass is 32.2. The molecule has 0 radical (unpaired) electrons. The summed E-state index contributed by atoms with van der Waals surface area (Å²) in [6, 6.07) is 9.38. The molecule has 2 heterocycles. The number of nitrogens with one attached hydrogen (secondary N) is 2. The smallest absolute Gasteiger partial charge is 0.250 e. The SMILES string of the molecule is C[C@H](N[S+]([O-])C(C)(C)C)c1cc(=O)n(C)cc1-c1cc2c(cc1C(=O)c1ccc(F)cc1)CNS(=O)(=O)C2. The molecule has 2 N–H and O–H groups in total. The van der Waals surface area contributed by atoms with Crippen LogP contribution in [0.4, 0.5) is 4.39 Å². The highest BCUT2D eigenvalue weighted by molar-refractivity contribution is 7.90. The molecule has 0 saturated carbocycles. The Morgan fingerprint density at radius 3 is 2.42 bits per heavy atom. The van der Waals surface area contributed by atoms with Crippen LogP contribution in [0.1, 0.15) is 66.3 Å². The van der Waals surface area contributed by atoms with Crippen LogP contribution in [-0.2, 0) is 40.7 Å². The lowest BCUT2D eigenvalue weighted by atomic mass is 9.87. The summed E-state index contributed by atoms with van der Waals surface area (Å²) in [5, 5.41) is 0. The molecule has 4 rings (SSSR count). The standard InChI is InChI=1S/C27H30FN3O5S2/c1-16(30-37(34)27(2,3)4)21-12-25(32)31(5)14-24(21)22-11-19-15-38(35,36)29-13-18(19)10-23(22)26(33)17-6-8-20(28)9-7-17/h6-12,14,16,29-30H,13,15H2,1-5H3/t16-,37?/m0/s1. The lowest BCUT2D eigenvalue weighted by Gasteiger charge is -2.28. The molecule has 8 nitrogen and oxygen atoms in total. The maximum Gasteiger partial charge on any atom is 0.250 e. The molecule has 0 fully saturated rings. The molecule has 11 heteroatoms. The van der Waals surface area contributed by atoms with Gasteiger partial charge in [0.1, 0.15) is 10.6 Å². The molecule has 0 bridgehead atoms. The van der Waals surface area contributed by atoms with Crippen LogP contribution in [0, 0.1) is 5.82 Å². The molecule has 0 aliphatic carbocycles. The number of fused-ring (bicyclic) bond motifs is 1. The van der Waals surface area contributed by atoms with Gasteiger partial charge in [0, 0.05) is 53.9 Å². The third kappa shape index (κ3) is 5.92. The average Bonchev–Trinajstić information content (AvgIpc) is 2.83. The van der Waals surface area contributed by atoms with Crippen molar-refractivity contribution < 1.29 is 22.2 Å². The third-order valence-corrected chi connectivity index (χ3v) is 9.33. The monoisotopic (exact) mass is 559 g/mol. The number of benzene rings is 2. The van der Waals surface area contributed by atoms with Crippen LogP contribution in [0.2, 0.25) is 0 Å². The summed E-state index contributed by atoms with van der Waals surface area (Å²) in [5.74, 6) is -1.12. The molecule has 2 atom stereocenters. The van der Waals surface area contributed by atoms with Gasteiger partial charge in [-0.2, -0.15) is 0 Å².